The van der Waals surface area contributed by atoms with Gasteiger partial charge in [-0.25, -0.2) is 0 Å². The van der Waals surface area contributed by atoms with Crippen molar-refractivity contribution in [3.8, 4) is 17.4 Å². The first-order valence-corrected chi connectivity index (χ1v) is 7.20. The SMILES string of the molecule is CN(C)c1ccc(-n2c(O)c3c(c2O)[C@H]2C=C[C@@H]3C2)cc1. The van der Waals surface area contributed by atoms with Gasteiger partial charge in [0.15, 0.2) is 0 Å². The molecule has 4 heteroatoms. The van der Waals surface area contributed by atoms with Crippen LogP contribution in [0.4, 0.5) is 5.69 Å². The van der Waals surface area contributed by atoms with Crippen LogP contribution >= 0.6 is 0 Å². The van der Waals surface area contributed by atoms with Gasteiger partial charge < -0.3 is 15.1 Å². The van der Waals surface area contributed by atoms with Gasteiger partial charge in [-0.05, 0) is 30.7 Å². The molecule has 2 bridgehead atoms. The van der Waals surface area contributed by atoms with E-state index in [1.54, 1.807) is 4.57 Å². The maximum absolute atomic E-state index is 10.5. The van der Waals surface area contributed by atoms with Crippen LogP contribution in [-0.2, 0) is 0 Å². The Kier molecular flexibility index (Phi) is 2.40. The molecular formula is C17H18N2O2. The highest BCUT2D eigenvalue weighted by Crippen LogP contribution is 2.57. The third-order valence-corrected chi connectivity index (χ3v) is 4.65. The molecule has 0 amide bonds. The summed E-state index contributed by atoms with van der Waals surface area (Å²) in [7, 11) is 3.97. The number of hydrogen-bond donors (Lipinski definition) is 2. The minimum absolute atomic E-state index is 0.178. The normalized spacial score (nSPS) is 21.8. The fraction of sp³-hybridized carbons (Fsp3) is 0.294. The van der Waals surface area contributed by atoms with Gasteiger partial charge in [-0.2, -0.15) is 0 Å². The van der Waals surface area contributed by atoms with E-state index in [0.717, 1.165) is 28.9 Å². The molecule has 4 nitrogen and oxygen atoms in total. The van der Waals surface area contributed by atoms with E-state index < -0.39 is 0 Å². The van der Waals surface area contributed by atoms with E-state index in [1.165, 1.54) is 0 Å². The molecule has 0 unspecified atom stereocenters. The van der Waals surface area contributed by atoms with E-state index in [2.05, 4.69) is 12.2 Å². The Morgan fingerprint density at radius 2 is 1.48 bits per heavy atom. The summed E-state index contributed by atoms with van der Waals surface area (Å²) in [5, 5.41) is 21.1. The number of hydrogen-bond acceptors (Lipinski definition) is 3. The molecule has 1 heterocycles. The molecule has 2 aliphatic rings. The zero-order valence-electron chi connectivity index (χ0n) is 12.1. The van der Waals surface area contributed by atoms with Gasteiger partial charge in [0.2, 0.25) is 11.8 Å². The van der Waals surface area contributed by atoms with E-state index in [1.807, 2.05) is 43.3 Å². The number of aromatic hydroxyl groups is 2. The summed E-state index contributed by atoms with van der Waals surface area (Å²) in [6, 6.07) is 7.79. The Morgan fingerprint density at radius 3 is 1.95 bits per heavy atom. The molecule has 0 spiro atoms. The standard InChI is InChI=1S/C17H18N2O2/c1-18(2)12-5-7-13(8-6-12)19-16(20)14-10-3-4-11(9-10)15(14)17(19)21/h3-8,10-11,20-21H,9H2,1-2H3/t10-,11+. The smallest absolute Gasteiger partial charge is 0.202 e. The zero-order valence-corrected chi connectivity index (χ0v) is 12.1. The highest BCUT2D eigenvalue weighted by atomic mass is 16.3. The number of nitrogens with zero attached hydrogens (tertiary/aromatic N) is 2. The van der Waals surface area contributed by atoms with E-state index in [4.69, 9.17) is 0 Å². The lowest BCUT2D eigenvalue weighted by Gasteiger charge is -2.14. The van der Waals surface area contributed by atoms with Crippen molar-refractivity contribution >= 4 is 5.69 Å². The van der Waals surface area contributed by atoms with Crippen molar-refractivity contribution in [2.45, 2.75) is 18.3 Å². The van der Waals surface area contributed by atoms with Crippen molar-refractivity contribution in [1.82, 2.24) is 4.57 Å². The number of allylic oxidation sites excluding steroid dienone is 2. The summed E-state index contributed by atoms with van der Waals surface area (Å²) in [5.41, 5.74) is 3.66. The van der Waals surface area contributed by atoms with Crippen LogP contribution in [0.5, 0.6) is 11.8 Å². The molecule has 0 aliphatic heterocycles. The summed E-state index contributed by atoms with van der Waals surface area (Å²) >= 11 is 0. The number of aromatic nitrogens is 1. The lowest BCUT2D eigenvalue weighted by molar-refractivity contribution is 0.395. The molecule has 108 valence electrons. The molecule has 0 radical (unpaired) electrons. The molecule has 2 aliphatic carbocycles. The topological polar surface area (TPSA) is 48.6 Å². The first kappa shape index (κ1) is 12.4. The molecular weight excluding hydrogens is 264 g/mol. The third-order valence-electron chi connectivity index (χ3n) is 4.65. The molecule has 2 aromatic rings. The second-order valence-corrected chi connectivity index (χ2v) is 6.05. The molecule has 1 aromatic carbocycles. The summed E-state index contributed by atoms with van der Waals surface area (Å²) in [4.78, 5) is 2.02. The number of anilines is 1. The van der Waals surface area contributed by atoms with Gasteiger partial charge in [0.05, 0.1) is 5.69 Å². The van der Waals surface area contributed by atoms with Crippen LogP contribution < -0.4 is 4.90 Å². The molecule has 1 aromatic heterocycles. The van der Waals surface area contributed by atoms with Gasteiger partial charge in [-0.15, -0.1) is 0 Å². The van der Waals surface area contributed by atoms with E-state index in [9.17, 15) is 10.2 Å². The second kappa shape index (κ2) is 4.07. The largest absolute Gasteiger partial charge is 0.494 e. The second-order valence-electron chi connectivity index (χ2n) is 6.05. The Bertz CT molecular complexity index is 706. The fourth-order valence-corrected chi connectivity index (χ4v) is 3.58. The van der Waals surface area contributed by atoms with Crippen molar-refractivity contribution in [3.63, 3.8) is 0 Å². The summed E-state index contributed by atoms with van der Waals surface area (Å²) in [6.07, 6.45) is 5.24. The Morgan fingerprint density at radius 1 is 0.952 bits per heavy atom. The third kappa shape index (κ3) is 1.56. The number of rotatable bonds is 2. The first-order chi connectivity index (χ1) is 10.1. The lowest BCUT2D eigenvalue weighted by atomic mass is 10.0. The van der Waals surface area contributed by atoms with Gasteiger partial charge in [-0.3, -0.25) is 4.57 Å². The van der Waals surface area contributed by atoms with Gasteiger partial charge in [-0.1, -0.05) is 12.2 Å². The molecule has 2 atom stereocenters. The maximum Gasteiger partial charge on any atom is 0.202 e. The zero-order chi connectivity index (χ0) is 14.7. The molecule has 2 N–H and O–H groups in total. The Labute approximate surface area is 123 Å². The molecule has 4 rings (SSSR count). The molecule has 0 saturated heterocycles. The van der Waals surface area contributed by atoms with Gasteiger partial charge in [0, 0.05) is 42.7 Å². The van der Waals surface area contributed by atoms with Crippen LogP contribution in [0.2, 0.25) is 0 Å². The van der Waals surface area contributed by atoms with Gasteiger partial charge >= 0.3 is 0 Å². The summed E-state index contributed by atoms with van der Waals surface area (Å²) in [5.74, 6) is 0.852. The predicted molar refractivity (Wildman–Crippen MR) is 82.7 cm³/mol. The van der Waals surface area contributed by atoms with E-state index in [-0.39, 0.29) is 23.6 Å². The maximum atomic E-state index is 10.5. The lowest BCUT2D eigenvalue weighted by Crippen LogP contribution is -2.08. The average molecular weight is 282 g/mol. The summed E-state index contributed by atoms with van der Waals surface area (Å²) in [6.45, 7) is 0. The number of fused-ring (bicyclic) bond motifs is 5. The van der Waals surface area contributed by atoms with Crippen molar-refractivity contribution in [2.75, 3.05) is 19.0 Å². The molecule has 0 saturated carbocycles. The van der Waals surface area contributed by atoms with Crippen LogP contribution in [0.1, 0.15) is 29.4 Å². The van der Waals surface area contributed by atoms with Crippen molar-refractivity contribution in [3.05, 3.63) is 47.5 Å². The molecule has 21 heavy (non-hydrogen) atoms. The average Bonchev–Trinajstić information content (AvgIpc) is 3.13. The molecule has 0 fully saturated rings. The van der Waals surface area contributed by atoms with Crippen LogP contribution in [0.15, 0.2) is 36.4 Å². The Hall–Kier alpha value is -2.36. The summed E-state index contributed by atoms with van der Waals surface area (Å²) < 4.78 is 1.55. The monoisotopic (exact) mass is 282 g/mol. The van der Waals surface area contributed by atoms with Crippen molar-refractivity contribution in [1.29, 1.82) is 0 Å². The van der Waals surface area contributed by atoms with Gasteiger partial charge in [0.1, 0.15) is 0 Å². The minimum Gasteiger partial charge on any atom is -0.494 e. The first-order valence-electron chi connectivity index (χ1n) is 7.20. The fourth-order valence-electron chi connectivity index (χ4n) is 3.58. The Balaban J connectivity index is 1.84. The van der Waals surface area contributed by atoms with Crippen molar-refractivity contribution in [2.24, 2.45) is 0 Å². The quantitative estimate of drug-likeness (QED) is 0.832. The highest BCUT2D eigenvalue weighted by molar-refractivity contribution is 5.63. The van der Waals surface area contributed by atoms with E-state index in [0.29, 0.717) is 0 Å². The van der Waals surface area contributed by atoms with Gasteiger partial charge in [0.25, 0.3) is 0 Å². The van der Waals surface area contributed by atoms with Crippen molar-refractivity contribution < 1.29 is 10.2 Å². The van der Waals surface area contributed by atoms with Crippen LogP contribution in [0, 0.1) is 0 Å². The minimum atomic E-state index is 0.178. The van der Waals surface area contributed by atoms with Crippen LogP contribution in [-0.4, -0.2) is 28.9 Å². The van der Waals surface area contributed by atoms with Crippen LogP contribution in [0.3, 0.4) is 0 Å². The predicted octanol–water partition coefficient (Wildman–Crippen LogP) is 3.10. The van der Waals surface area contributed by atoms with E-state index >= 15 is 0 Å². The van der Waals surface area contributed by atoms with Crippen LogP contribution in [0.25, 0.3) is 5.69 Å². The number of benzene rings is 1. The highest BCUT2D eigenvalue weighted by Gasteiger charge is 2.41.